The van der Waals surface area contributed by atoms with Crippen LogP contribution in [0.15, 0.2) is 0 Å². The lowest BCUT2D eigenvalue weighted by Gasteiger charge is -2.15. The first-order valence-electron chi connectivity index (χ1n) is 4.62. The van der Waals surface area contributed by atoms with Crippen molar-refractivity contribution < 1.29 is 15.0 Å². The lowest BCUT2D eigenvalue weighted by Crippen LogP contribution is -2.41. The molecule has 0 radical (unpaired) electrons. The summed E-state index contributed by atoms with van der Waals surface area (Å²) in [6, 6.07) is 0. The number of aliphatic hydroxyl groups is 2. The average molecular weight is 189 g/mol. The third-order valence-corrected chi connectivity index (χ3v) is 1.88. The third-order valence-electron chi connectivity index (χ3n) is 1.88. The molecule has 1 amide bonds. The quantitative estimate of drug-likeness (QED) is 0.565. The Hall–Kier alpha value is -0.610. The van der Waals surface area contributed by atoms with Crippen LogP contribution in [0.25, 0.3) is 0 Å². The van der Waals surface area contributed by atoms with Gasteiger partial charge in [-0.2, -0.15) is 0 Å². The highest BCUT2D eigenvalue weighted by atomic mass is 16.3. The van der Waals surface area contributed by atoms with E-state index in [0.29, 0.717) is 6.42 Å². The fourth-order valence-electron chi connectivity index (χ4n) is 0.770. The normalized spacial score (nSPS) is 15.5. The maximum Gasteiger partial charge on any atom is 0.249 e. The largest absolute Gasteiger partial charge is 0.391 e. The number of carbonyl (C=O) groups excluding carboxylic acids is 1. The van der Waals surface area contributed by atoms with Crippen LogP contribution in [0, 0.1) is 5.92 Å². The van der Waals surface area contributed by atoms with Gasteiger partial charge in [0.1, 0.15) is 6.10 Å². The summed E-state index contributed by atoms with van der Waals surface area (Å²) in [6.45, 7) is 5.57. The molecule has 4 nitrogen and oxygen atoms in total. The van der Waals surface area contributed by atoms with Gasteiger partial charge in [0.15, 0.2) is 0 Å². The minimum atomic E-state index is -0.982. The van der Waals surface area contributed by atoms with Crippen molar-refractivity contribution in [2.75, 3.05) is 6.54 Å². The lowest BCUT2D eigenvalue weighted by atomic mass is 10.1. The standard InChI is InChI=1S/C9H19NO3/c1-4-7(11)5-10-9(13)8(12)6(2)3/h6-8,11-12H,4-5H2,1-3H3,(H,10,13)/t7-,8+/m0/s1. The number of amides is 1. The number of nitrogens with one attached hydrogen (secondary N) is 1. The molecule has 0 rings (SSSR count). The van der Waals surface area contributed by atoms with Gasteiger partial charge in [-0.1, -0.05) is 20.8 Å². The van der Waals surface area contributed by atoms with Gasteiger partial charge in [-0.25, -0.2) is 0 Å². The van der Waals surface area contributed by atoms with Gasteiger partial charge >= 0.3 is 0 Å². The number of aliphatic hydroxyl groups excluding tert-OH is 2. The zero-order valence-corrected chi connectivity index (χ0v) is 8.45. The van der Waals surface area contributed by atoms with Crippen LogP contribution in [0.4, 0.5) is 0 Å². The van der Waals surface area contributed by atoms with Crippen molar-refractivity contribution in [1.82, 2.24) is 5.32 Å². The zero-order chi connectivity index (χ0) is 10.4. The van der Waals surface area contributed by atoms with Gasteiger partial charge in [0, 0.05) is 6.54 Å². The summed E-state index contributed by atoms with van der Waals surface area (Å²) >= 11 is 0. The van der Waals surface area contributed by atoms with E-state index in [0.717, 1.165) is 0 Å². The van der Waals surface area contributed by atoms with Gasteiger partial charge in [-0.05, 0) is 12.3 Å². The van der Waals surface area contributed by atoms with Crippen molar-refractivity contribution >= 4 is 5.91 Å². The molecule has 0 aromatic carbocycles. The highest BCUT2D eigenvalue weighted by molar-refractivity contribution is 5.80. The molecule has 0 aliphatic carbocycles. The Labute approximate surface area is 79.0 Å². The number of hydrogen-bond donors (Lipinski definition) is 3. The molecule has 0 fully saturated rings. The van der Waals surface area contributed by atoms with Crippen molar-refractivity contribution in [2.45, 2.75) is 39.4 Å². The number of hydrogen-bond acceptors (Lipinski definition) is 3. The molecule has 13 heavy (non-hydrogen) atoms. The molecule has 0 saturated carbocycles. The Kier molecular flexibility index (Phi) is 5.66. The first kappa shape index (κ1) is 12.4. The van der Waals surface area contributed by atoms with Gasteiger partial charge in [0.2, 0.25) is 5.91 Å². The SMILES string of the molecule is CC[C@H](O)CNC(=O)[C@H](O)C(C)C. The van der Waals surface area contributed by atoms with Gasteiger partial charge in [-0.15, -0.1) is 0 Å². The highest BCUT2D eigenvalue weighted by Crippen LogP contribution is 2.00. The maximum absolute atomic E-state index is 11.1. The molecule has 0 aliphatic rings. The van der Waals surface area contributed by atoms with Gasteiger partial charge in [-0.3, -0.25) is 4.79 Å². The second kappa shape index (κ2) is 5.94. The molecular weight excluding hydrogens is 170 g/mol. The summed E-state index contributed by atoms with van der Waals surface area (Å²) in [4.78, 5) is 11.1. The Morgan fingerprint density at radius 1 is 1.38 bits per heavy atom. The van der Waals surface area contributed by atoms with E-state index < -0.39 is 18.1 Å². The topological polar surface area (TPSA) is 69.6 Å². The first-order chi connectivity index (χ1) is 5.99. The number of rotatable bonds is 5. The van der Waals surface area contributed by atoms with Crippen molar-refractivity contribution in [3.8, 4) is 0 Å². The van der Waals surface area contributed by atoms with Crippen molar-refractivity contribution in [3.05, 3.63) is 0 Å². The van der Waals surface area contributed by atoms with Crippen molar-refractivity contribution in [1.29, 1.82) is 0 Å². The van der Waals surface area contributed by atoms with Gasteiger partial charge in [0.05, 0.1) is 6.10 Å². The summed E-state index contributed by atoms with van der Waals surface area (Å²) in [7, 11) is 0. The van der Waals surface area contributed by atoms with E-state index in [1.54, 1.807) is 13.8 Å². The van der Waals surface area contributed by atoms with Gasteiger partial charge < -0.3 is 15.5 Å². The van der Waals surface area contributed by atoms with Crippen LogP contribution in [0.3, 0.4) is 0 Å². The molecule has 0 bridgehead atoms. The molecule has 0 aromatic heterocycles. The molecule has 0 aromatic rings. The molecule has 0 aliphatic heterocycles. The van der Waals surface area contributed by atoms with Crippen LogP contribution < -0.4 is 5.32 Å². The summed E-state index contributed by atoms with van der Waals surface area (Å²) in [5.41, 5.74) is 0. The minimum absolute atomic E-state index is 0.0984. The first-order valence-corrected chi connectivity index (χ1v) is 4.62. The molecular formula is C9H19NO3. The second-order valence-electron chi connectivity index (χ2n) is 3.50. The summed E-state index contributed by atoms with van der Waals surface area (Å²) in [6.07, 6.45) is -0.912. The monoisotopic (exact) mass is 189 g/mol. The highest BCUT2D eigenvalue weighted by Gasteiger charge is 2.18. The Balaban J connectivity index is 3.74. The molecule has 0 spiro atoms. The van der Waals surface area contributed by atoms with E-state index in [4.69, 9.17) is 5.11 Å². The second-order valence-corrected chi connectivity index (χ2v) is 3.50. The van der Waals surface area contributed by atoms with E-state index in [1.165, 1.54) is 0 Å². The van der Waals surface area contributed by atoms with Crippen LogP contribution in [0.5, 0.6) is 0 Å². The van der Waals surface area contributed by atoms with Crippen LogP contribution in [0.1, 0.15) is 27.2 Å². The molecule has 3 N–H and O–H groups in total. The molecule has 0 unspecified atom stereocenters. The zero-order valence-electron chi connectivity index (χ0n) is 8.45. The van der Waals surface area contributed by atoms with Crippen LogP contribution >= 0.6 is 0 Å². The Bertz CT molecular complexity index is 159. The van der Waals surface area contributed by atoms with Gasteiger partial charge in [0.25, 0.3) is 0 Å². The summed E-state index contributed by atoms with van der Waals surface area (Å²) in [5.74, 6) is -0.513. The number of carbonyl (C=O) groups is 1. The van der Waals surface area contributed by atoms with Crippen LogP contribution in [-0.2, 0) is 4.79 Å². The fourth-order valence-corrected chi connectivity index (χ4v) is 0.770. The predicted molar refractivity (Wildman–Crippen MR) is 50.2 cm³/mol. The average Bonchev–Trinajstić information content (AvgIpc) is 2.11. The molecule has 78 valence electrons. The van der Waals surface area contributed by atoms with E-state index >= 15 is 0 Å². The molecule has 0 heterocycles. The maximum atomic E-state index is 11.1. The Morgan fingerprint density at radius 2 is 1.92 bits per heavy atom. The molecule has 4 heteroatoms. The van der Waals surface area contributed by atoms with Crippen LogP contribution in [-0.4, -0.2) is 34.9 Å². The smallest absolute Gasteiger partial charge is 0.249 e. The minimum Gasteiger partial charge on any atom is -0.391 e. The lowest BCUT2D eigenvalue weighted by molar-refractivity contribution is -0.131. The predicted octanol–water partition coefficient (Wildman–Crippen LogP) is -0.110. The molecule has 2 atom stereocenters. The van der Waals surface area contributed by atoms with Crippen molar-refractivity contribution in [3.63, 3.8) is 0 Å². The van der Waals surface area contributed by atoms with E-state index in [-0.39, 0.29) is 12.5 Å². The Morgan fingerprint density at radius 3 is 2.31 bits per heavy atom. The van der Waals surface area contributed by atoms with E-state index in [1.807, 2.05) is 6.92 Å². The fraction of sp³-hybridized carbons (Fsp3) is 0.889. The third kappa shape index (κ3) is 4.85. The van der Waals surface area contributed by atoms with E-state index in [2.05, 4.69) is 5.32 Å². The summed E-state index contributed by atoms with van der Waals surface area (Å²) < 4.78 is 0. The van der Waals surface area contributed by atoms with Crippen molar-refractivity contribution in [2.24, 2.45) is 5.92 Å². The summed E-state index contributed by atoms with van der Waals surface area (Å²) in [5, 5.41) is 20.9. The van der Waals surface area contributed by atoms with Crippen LogP contribution in [0.2, 0.25) is 0 Å². The van der Waals surface area contributed by atoms with E-state index in [9.17, 15) is 9.90 Å². The molecule has 0 saturated heterocycles.